The van der Waals surface area contributed by atoms with E-state index in [2.05, 4.69) is 15.3 Å². The molecule has 0 radical (unpaired) electrons. The van der Waals surface area contributed by atoms with Gasteiger partial charge in [0, 0.05) is 26.3 Å². The molecule has 3 rings (SSSR count). The number of piperidine rings is 1. The molecule has 1 fully saturated rings. The van der Waals surface area contributed by atoms with E-state index in [0.29, 0.717) is 31.6 Å². The lowest BCUT2D eigenvalue weighted by atomic mass is 10.0. The topological polar surface area (TPSA) is 125 Å². The molecule has 2 aromatic rings. The van der Waals surface area contributed by atoms with Crippen LogP contribution >= 0.6 is 11.6 Å². The number of rotatable bonds is 7. The van der Waals surface area contributed by atoms with Crippen molar-refractivity contribution in [1.82, 2.24) is 20.2 Å². The second-order valence-electron chi connectivity index (χ2n) is 7.40. The minimum atomic E-state index is -1.00. The highest BCUT2D eigenvalue weighted by Crippen LogP contribution is 2.17. The molecule has 0 spiro atoms. The number of carboxylic acid groups (broad SMARTS) is 1. The number of aromatic carboxylic acids is 1. The number of hydrogen-bond donors (Lipinski definition) is 3. The SMILES string of the molecule is CCc1[nH]c(C(=O)NC2CCN(C(=O)/C=C/c3ccc(C(=O)O)cc3)CC2OC)nc1Cl. The van der Waals surface area contributed by atoms with Crippen molar-refractivity contribution in [3.05, 3.63) is 58.1 Å². The highest BCUT2D eigenvalue weighted by atomic mass is 35.5. The smallest absolute Gasteiger partial charge is 0.335 e. The van der Waals surface area contributed by atoms with Crippen molar-refractivity contribution in [3.63, 3.8) is 0 Å². The Morgan fingerprint density at radius 1 is 1.34 bits per heavy atom. The van der Waals surface area contributed by atoms with Crippen LogP contribution in [0.1, 0.15) is 45.6 Å². The second kappa shape index (κ2) is 10.4. The predicted molar refractivity (Wildman–Crippen MR) is 119 cm³/mol. The van der Waals surface area contributed by atoms with Crippen molar-refractivity contribution < 1.29 is 24.2 Å². The monoisotopic (exact) mass is 460 g/mol. The summed E-state index contributed by atoms with van der Waals surface area (Å²) in [6.45, 7) is 2.68. The van der Waals surface area contributed by atoms with Crippen LogP contribution in [0.25, 0.3) is 6.08 Å². The van der Waals surface area contributed by atoms with Gasteiger partial charge in [-0.3, -0.25) is 9.59 Å². The molecule has 1 saturated heterocycles. The third-order valence-electron chi connectivity index (χ3n) is 5.36. The summed E-state index contributed by atoms with van der Waals surface area (Å²) in [5.74, 6) is -1.41. The molecule has 0 aliphatic carbocycles. The molecule has 2 unspecified atom stereocenters. The first-order valence-corrected chi connectivity index (χ1v) is 10.6. The number of aryl methyl sites for hydroxylation is 1. The van der Waals surface area contributed by atoms with E-state index in [1.165, 1.54) is 25.3 Å². The molecular formula is C22H25ClN4O5. The minimum Gasteiger partial charge on any atom is -0.478 e. The summed E-state index contributed by atoms with van der Waals surface area (Å²) in [5, 5.41) is 12.1. The van der Waals surface area contributed by atoms with Gasteiger partial charge < -0.3 is 25.0 Å². The van der Waals surface area contributed by atoms with Crippen LogP contribution in [0, 0.1) is 0 Å². The fraction of sp³-hybridized carbons (Fsp3) is 0.364. The fourth-order valence-corrected chi connectivity index (χ4v) is 3.76. The molecule has 0 bridgehead atoms. The number of aromatic amines is 1. The Kier molecular flexibility index (Phi) is 7.66. The van der Waals surface area contributed by atoms with Crippen LogP contribution in [0.3, 0.4) is 0 Å². The Hall–Kier alpha value is -3.17. The van der Waals surface area contributed by atoms with Gasteiger partial charge in [-0.25, -0.2) is 9.78 Å². The Morgan fingerprint density at radius 3 is 2.66 bits per heavy atom. The van der Waals surface area contributed by atoms with Crippen molar-refractivity contribution in [2.24, 2.45) is 0 Å². The van der Waals surface area contributed by atoms with Gasteiger partial charge in [0.1, 0.15) is 0 Å². The lowest BCUT2D eigenvalue weighted by Gasteiger charge is -2.37. The number of nitrogens with zero attached hydrogens (tertiary/aromatic N) is 2. The molecule has 2 amide bonds. The van der Waals surface area contributed by atoms with Crippen LogP contribution in [0.2, 0.25) is 5.15 Å². The maximum absolute atomic E-state index is 12.6. The molecule has 9 nitrogen and oxygen atoms in total. The number of carbonyl (C=O) groups excluding carboxylic acids is 2. The molecule has 0 saturated carbocycles. The van der Waals surface area contributed by atoms with E-state index in [1.54, 1.807) is 23.1 Å². The standard InChI is InChI=1S/C22H25ClN4O5/c1-3-15-19(23)26-20(24-15)21(29)25-16-10-11-27(12-17(16)32-2)18(28)9-6-13-4-7-14(8-5-13)22(30)31/h4-9,16-17H,3,10-12H2,1-2H3,(H,24,26)(H,25,29)(H,30,31)/b9-6+. The molecule has 2 atom stereocenters. The third-order valence-corrected chi connectivity index (χ3v) is 5.68. The van der Waals surface area contributed by atoms with Crippen LogP contribution in [0.5, 0.6) is 0 Å². The van der Waals surface area contributed by atoms with E-state index >= 15 is 0 Å². The van der Waals surface area contributed by atoms with E-state index in [9.17, 15) is 14.4 Å². The number of ether oxygens (including phenoxy) is 1. The Morgan fingerprint density at radius 2 is 2.06 bits per heavy atom. The van der Waals surface area contributed by atoms with E-state index in [4.69, 9.17) is 21.4 Å². The molecule has 1 aliphatic rings. The van der Waals surface area contributed by atoms with Gasteiger partial charge in [-0.2, -0.15) is 0 Å². The zero-order chi connectivity index (χ0) is 23.3. The largest absolute Gasteiger partial charge is 0.478 e. The molecule has 170 valence electrons. The first kappa shape index (κ1) is 23.5. The van der Waals surface area contributed by atoms with Crippen molar-refractivity contribution in [2.45, 2.75) is 31.9 Å². The summed E-state index contributed by atoms with van der Waals surface area (Å²) < 4.78 is 5.52. The number of likely N-dealkylation sites (tertiary alicyclic amines) is 1. The number of carbonyl (C=O) groups is 3. The first-order valence-electron chi connectivity index (χ1n) is 10.2. The first-order chi connectivity index (χ1) is 15.3. The van der Waals surface area contributed by atoms with E-state index < -0.39 is 5.97 Å². The summed E-state index contributed by atoms with van der Waals surface area (Å²) in [6.07, 6.45) is 3.86. The number of amides is 2. The zero-order valence-electron chi connectivity index (χ0n) is 17.8. The number of methoxy groups -OCH3 is 1. The Bertz CT molecular complexity index is 1020. The van der Waals surface area contributed by atoms with Crippen molar-refractivity contribution in [2.75, 3.05) is 20.2 Å². The third kappa shape index (κ3) is 5.54. The number of imidazole rings is 1. The average Bonchev–Trinajstić information content (AvgIpc) is 3.18. The number of benzene rings is 1. The maximum atomic E-state index is 12.6. The summed E-state index contributed by atoms with van der Waals surface area (Å²) in [4.78, 5) is 44.7. The lowest BCUT2D eigenvalue weighted by Crippen LogP contribution is -2.55. The van der Waals surface area contributed by atoms with Gasteiger partial charge >= 0.3 is 5.97 Å². The van der Waals surface area contributed by atoms with Gasteiger partial charge in [0.25, 0.3) is 5.91 Å². The van der Waals surface area contributed by atoms with Gasteiger partial charge in [-0.15, -0.1) is 0 Å². The van der Waals surface area contributed by atoms with E-state index in [0.717, 1.165) is 5.56 Å². The van der Waals surface area contributed by atoms with Gasteiger partial charge in [0.05, 0.1) is 23.4 Å². The van der Waals surface area contributed by atoms with Crippen LogP contribution in [0.4, 0.5) is 0 Å². The van der Waals surface area contributed by atoms with Gasteiger partial charge in [0.2, 0.25) is 5.91 Å². The molecule has 2 heterocycles. The second-order valence-corrected chi connectivity index (χ2v) is 7.75. The lowest BCUT2D eigenvalue weighted by molar-refractivity contribution is -0.130. The van der Waals surface area contributed by atoms with Crippen LogP contribution < -0.4 is 5.32 Å². The fourth-order valence-electron chi connectivity index (χ4n) is 3.50. The molecule has 1 aliphatic heterocycles. The molecule has 1 aromatic carbocycles. The Labute approximate surface area is 190 Å². The van der Waals surface area contributed by atoms with E-state index in [1.807, 2.05) is 6.92 Å². The van der Waals surface area contributed by atoms with E-state index in [-0.39, 0.29) is 40.5 Å². The normalized spacial score (nSPS) is 18.7. The number of H-pyrrole nitrogens is 1. The molecule has 10 heteroatoms. The summed E-state index contributed by atoms with van der Waals surface area (Å²) in [6, 6.07) is 5.96. The van der Waals surface area contributed by atoms with Gasteiger partial charge in [0.15, 0.2) is 11.0 Å². The van der Waals surface area contributed by atoms with Gasteiger partial charge in [-0.1, -0.05) is 30.7 Å². The zero-order valence-corrected chi connectivity index (χ0v) is 18.6. The highest BCUT2D eigenvalue weighted by molar-refractivity contribution is 6.30. The number of hydrogen-bond acceptors (Lipinski definition) is 5. The van der Waals surface area contributed by atoms with Crippen LogP contribution in [-0.2, 0) is 16.0 Å². The molecule has 3 N–H and O–H groups in total. The van der Waals surface area contributed by atoms with Crippen molar-refractivity contribution >= 4 is 35.5 Å². The molecule has 1 aromatic heterocycles. The number of aromatic nitrogens is 2. The van der Waals surface area contributed by atoms with Crippen molar-refractivity contribution in [3.8, 4) is 0 Å². The number of nitrogens with one attached hydrogen (secondary N) is 2. The van der Waals surface area contributed by atoms with Gasteiger partial charge in [-0.05, 0) is 36.6 Å². The van der Waals surface area contributed by atoms with Crippen LogP contribution in [0.15, 0.2) is 30.3 Å². The minimum absolute atomic E-state index is 0.150. The maximum Gasteiger partial charge on any atom is 0.335 e. The summed E-state index contributed by atoms with van der Waals surface area (Å²) >= 11 is 6.01. The van der Waals surface area contributed by atoms with Crippen LogP contribution in [-0.4, -0.2) is 70.1 Å². The summed E-state index contributed by atoms with van der Waals surface area (Å²) in [7, 11) is 1.54. The predicted octanol–water partition coefficient (Wildman–Crippen LogP) is 2.38. The Balaban J connectivity index is 1.58. The summed E-state index contributed by atoms with van der Waals surface area (Å²) in [5.41, 5.74) is 1.60. The molecular weight excluding hydrogens is 436 g/mol. The number of halogens is 1. The average molecular weight is 461 g/mol. The number of carboxylic acids is 1. The van der Waals surface area contributed by atoms with Crippen molar-refractivity contribution in [1.29, 1.82) is 0 Å². The quantitative estimate of drug-likeness (QED) is 0.545. The molecule has 32 heavy (non-hydrogen) atoms. The highest BCUT2D eigenvalue weighted by Gasteiger charge is 2.32.